The number of nitrogens with two attached hydrogens (primary N) is 1. The Balaban J connectivity index is 0.00000129. The molecule has 6 atom stereocenters. The quantitative estimate of drug-likeness (QED) is 0.105. The number of rotatable bonds is 5. The van der Waals surface area contributed by atoms with Gasteiger partial charge in [0.05, 0.1) is 42.1 Å². The summed E-state index contributed by atoms with van der Waals surface area (Å²) in [5.41, 5.74) is 15.9. The van der Waals surface area contributed by atoms with Crippen LogP contribution in [0, 0.1) is 0 Å². The number of aliphatic hydroxyl groups excluding tert-OH is 2. The third-order valence-electron chi connectivity index (χ3n) is 7.81. The number of phenolic OH excluding ortho intramolecular Hbond substituents is 2. The molecule has 1 fully saturated rings. The minimum absolute atomic E-state index is 0.0173. The molecule has 0 aromatic heterocycles. The molecule has 2 aromatic carbocycles. The number of aromatic hydroxyl groups is 2. The highest BCUT2D eigenvalue weighted by atomic mass is 16.7. The smallest absolute Gasteiger partial charge is 0.202 e. The monoisotopic (exact) mass is 585 g/mol. The molecule has 0 radical (unpaired) electrons. The number of nitrogens with zero attached hydrogens (tertiary/aromatic N) is 3. The molecule has 0 amide bonds. The molecule has 1 aliphatic heterocycles. The Bertz CT molecular complexity index is 1480. The molecule has 1 heterocycles. The van der Waals surface area contributed by atoms with E-state index in [-0.39, 0.29) is 34.4 Å². The molecule has 42 heavy (non-hydrogen) atoms. The van der Waals surface area contributed by atoms with Gasteiger partial charge in [0.2, 0.25) is 5.78 Å². The summed E-state index contributed by atoms with van der Waals surface area (Å²) in [6.45, 7) is 0.560. The predicted octanol–water partition coefficient (Wildman–Crippen LogP) is 0.867. The molecule has 7 N–H and O–H groups in total. The summed E-state index contributed by atoms with van der Waals surface area (Å²) in [5, 5.41) is 53.7. The van der Waals surface area contributed by atoms with E-state index in [9.17, 15) is 39.9 Å². The summed E-state index contributed by atoms with van der Waals surface area (Å²) >= 11 is 0. The summed E-state index contributed by atoms with van der Waals surface area (Å²) in [4.78, 5) is 41.2. The largest absolute Gasteiger partial charge is 0.507 e. The summed E-state index contributed by atoms with van der Waals surface area (Å²) in [6.07, 6.45) is -5.12. The van der Waals surface area contributed by atoms with Crippen molar-refractivity contribution in [1.29, 1.82) is 0 Å². The van der Waals surface area contributed by atoms with Crippen LogP contribution < -0.4 is 10.5 Å². The van der Waals surface area contributed by atoms with Crippen molar-refractivity contribution in [3.63, 3.8) is 0 Å². The average molecular weight is 586 g/mol. The predicted molar refractivity (Wildman–Crippen MR) is 142 cm³/mol. The molecule has 15 heteroatoms. The number of carbonyl (C=O) groups excluding carboxylic acids is 3. The van der Waals surface area contributed by atoms with E-state index in [0.717, 1.165) is 0 Å². The Labute approximate surface area is 238 Å². The van der Waals surface area contributed by atoms with Crippen LogP contribution in [0.4, 0.5) is 0 Å². The number of benzene rings is 2. The minimum atomic E-state index is -2.24. The molecule has 15 nitrogen and oxygen atoms in total. The highest BCUT2D eigenvalue weighted by Gasteiger charge is 2.50. The van der Waals surface area contributed by atoms with Crippen LogP contribution in [0.25, 0.3) is 16.0 Å². The maximum Gasteiger partial charge on any atom is 0.202 e. The molecule has 0 unspecified atom stereocenters. The van der Waals surface area contributed by atoms with Crippen molar-refractivity contribution in [3.8, 4) is 17.2 Å². The van der Waals surface area contributed by atoms with Gasteiger partial charge in [-0.15, -0.1) is 0 Å². The Morgan fingerprint density at radius 3 is 2.40 bits per heavy atom. The lowest BCUT2D eigenvalue weighted by Gasteiger charge is -2.42. The first-order chi connectivity index (χ1) is 19.8. The molecular formula is C27H29N4O11-. The molecule has 0 spiro atoms. The normalized spacial score (nSPS) is 27.9. The van der Waals surface area contributed by atoms with Crippen molar-refractivity contribution in [2.45, 2.75) is 62.4 Å². The van der Waals surface area contributed by atoms with Crippen molar-refractivity contribution in [2.75, 3.05) is 13.7 Å². The lowest BCUT2D eigenvalue weighted by molar-refractivity contribution is -0.247. The van der Waals surface area contributed by atoms with Crippen LogP contribution in [0.5, 0.6) is 17.2 Å². The SMILES string of the molecule is COc1cccc2c1C(=O)c1c(O)c3c(c(O)c1C2=O)C[C@@](O)(C(=O)CO)C[C@@H]3O[C@H]1C[C@H](N)[C@H](O)[C@H](C)O1.[N-]=[N+]=[N-]. The van der Waals surface area contributed by atoms with Gasteiger partial charge in [-0.25, -0.2) is 0 Å². The number of ketones is 3. The van der Waals surface area contributed by atoms with E-state index in [4.69, 9.17) is 31.0 Å². The third kappa shape index (κ3) is 4.97. The van der Waals surface area contributed by atoms with Gasteiger partial charge in [-0.2, -0.15) is 0 Å². The topological polar surface area (TPSA) is 265 Å². The zero-order valence-electron chi connectivity index (χ0n) is 22.6. The van der Waals surface area contributed by atoms with Crippen LogP contribution in [-0.2, 0) is 20.7 Å². The van der Waals surface area contributed by atoms with Gasteiger partial charge in [0.15, 0.2) is 17.9 Å². The van der Waals surface area contributed by atoms with E-state index in [1.807, 2.05) is 0 Å². The third-order valence-corrected chi connectivity index (χ3v) is 7.81. The van der Waals surface area contributed by atoms with E-state index >= 15 is 0 Å². The fourth-order valence-corrected chi connectivity index (χ4v) is 5.75. The Kier molecular flexibility index (Phi) is 8.57. The molecule has 2 aromatic rings. The van der Waals surface area contributed by atoms with Gasteiger partial charge in [-0.3, -0.25) is 19.3 Å². The zero-order valence-corrected chi connectivity index (χ0v) is 22.6. The number of phenols is 2. The summed E-state index contributed by atoms with van der Waals surface area (Å²) in [5.74, 6) is -3.77. The highest BCUT2D eigenvalue weighted by Crippen LogP contribution is 2.52. The molecule has 0 saturated carbocycles. The van der Waals surface area contributed by atoms with Crippen LogP contribution in [0.2, 0.25) is 0 Å². The number of ether oxygens (including phenoxy) is 3. The Morgan fingerprint density at radius 1 is 1.17 bits per heavy atom. The molecular weight excluding hydrogens is 556 g/mol. The number of fused-ring (bicyclic) bond motifs is 3. The lowest BCUT2D eigenvalue weighted by Crippen LogP contribution is -2.53. The summed E-state index contributed by atoms with van der Waals surface area (Å²) in [6, 6.07) is 3.64. The number of methoxy groups -OCH3 is 1. The van der Waals surface area contributed by atoms with Crippen molar-refractivity contribution < 1.29 is 54.1 Å². The average Bonchev–Trinajstić information content (AvgIpc) is 2.95. The van der Waals surface area contributed by atoms with Gasteiger partial charge >= 0.3 is 0 Å². The van der Waals surface area contributed by atoms with Crippen LogP contribution in [0.3, 0.4) is 0 Å². The minimum Gasteiger partial charge on any atom is -0.507 e. The lowest BCUT2D eigenvalue weighted by atomic mass is 9.72. The maximum absolute atomic E-state index is 13.6. The number of carbonyl (C=O) groups is 3. The second kappa shape index (κ2) is 11.7. The summed E-state index contributed by atoms with van der Waals surface area (Å²) in [7, 11) is 1.32. The number of hydrogen-bond donors (Lipinski definition) is 6. The van der Waals surface area contributed by atoms with Crippen LogP contribution >= 0.6 is 0 Å². The van der Waals surface area contributed by atoms with Gasteiger partial charge in [0.25, 0.3) is 0 Å². The number of hydrogen-bond acceptors (Lipinski definition) is 12. The summed E-state index contributed by atoms with van der Waals surface area (Å²) < 4.78 is 17.0. The molecule has 224 valence electrons. The van der Waals surface area contributed by atoms with Gasteiger partial charge in [0, 0.05) is 42.0 Å². The fourth-order valence-electron chi connectivity index (χ4n) is 5.75. The molecule has 0 bridgehead atoms. The van der Waals surface area contributed by atoms with E-state index in [2.05, 4.69) is 0 Å². The van der Waals surface area contributed by atoms with E-state index in [0.29, 0.717) is 0 Å². The van der Waals surface area contributed by atoms with Crippen molar-refractivity contribution in [2.24, 2.45) is 5.73 Å². The van der Waals surface area contributed by atoms with Crippen molar-refractivity contribution in [1.82, 2.24) is 0 Å². The van der Waals surface area contributed by atoms with Gasteiger partial charge in [0.1, 0.15) is 29.5 Å². The van der Waals surface area contributed by atoms with Crippen molar-refractivity contribution >= 4 is 17.3 Å². The molecule has 5 rings (SSSR count). The van der Waals surface area contributed by atoms with E-state index in [1.165, 1.54) is 30.2 Å². The van der Waals surface area contributed by atoms with Gasteiger partial charge < -0.3 is 56.5 Å². The second-order valence-corrected chi connectivity index (χ2v) is 10.2. The first-order valence-corrected chi connectivity index (χ1v) is 12.8. The van der Waals surface area contributed by atoms with Gasteiger partial charge in [-0.1, -0.05) is 12.1 Å². The standard InChI is InChI=1S/C27H29NO11.N3/c1-10-22(31)13(28)6-17(38-10)39-15-8-27(36,16(30)9-29)7-12-19(15)26(35)21-20(24(12)33)23(32)11-4-3-5-14(37-2)18(11)25(21)34;1-3-2/h3-5,10,13,15,17,22,29,31,33,35-36H,6-9,28H2,1-2H3;/q;-1/t10-,13-,15-,17-,22+,27-;/m0./s1. The van der Waals surface area contributed by atoms with Crippen molar-refractivity contribution in [3.05, 3.63) is 67.6 Å². The molecule has 1 saturated heterocycles. The zero-order chi connectivity index (χ0) is 31.1. The first kappa shape index (κ1) is 30.9. The van der Waals surface area contributed by atoms with Crippen LogP contribution in [0.1, 0.15) is 68.8 Å². The maximum atomic E-state index is 13.6. The molecule has 3 aliphatic rings. The fraction of sp³-hybridized carbons (Fsp3) is 0.444. The number of Topliss-reactive ketones (excluding diaryl/α,β-unsaturated/α-hetero) is 1. The number of aliphatic hydroxyl groups is 3. The second-order valence-electron chi connectivity index (χ2n) is 10.2. The van der Waals surface area contributed by atoms with Gasteiger partial charge in [-0.05, 0) is 13.0 Å². The van der Waals surface area contributed by atoms with Crippen LogP contribution in [0.15, 0.2) is 18.2 Å². The Morgan fingerprint density at radius 2 is 1.81 bits per heavy atom. The Hall–Kier alpha value is -4.08. The molecule has 2 aliphatic carbocycles. The first-order valence-electron chi connectivity index (χ1n) is 12.8. The van der Waals surface area contributed by atoms with Crippen LogP contribution in [-0.4, -0.2) is 86.7 Å². The van der Waals surface area contributed by atoms with E-state index in [1.54, 1.807) is 6.92 Å². The van der Waals surface area contributed by atoms with E-state index < -0.39 is 95.7 Å². The highest BCUT2D eigenvalue weighted by molar-refractivity contribution is 6.31.